The molecule has 1 N–H and O–H groups in total. The molecule has 0 radical (unpaired) electrons. The first-order valence-corrected chi connectivity index (χ1v) is 7.75. The summed E-state index contributed by atoms with van der Waals surface area (Å²) < 4.78 is 0. The van der Waals surface area contributed by atoms with Gasteiger partial charge in [0.2, 0.25) is 0 Å². The van der Waals surface area contributed by atoms with Gasteiger partial charge >= 0.3 is 0 Å². The van der Waals surface area contributed by atoms with Gasteiger partial charge in [-0.25, -0.2) is 4.98 Å². The lowest BCUT2D eigenvalue weighted by atomic mass is 9.99. The predicted octanol–water partition coefficient (Wildman–Crippen LogP) is 3.63. The normalized spacial score (nSPS) is 14.8. The highest BCUT2D eigenvalue weighted by Gasteiger charge is 2.15. The smallest absolute Gasteiger partial charge is 0.148 e. The second-order valence-corrected chi connectivity index (χ2v) is 5.69. The molecule has 1 aliphatic rings. The van der Waals surface area contributed by atoms with Gasteiger partial charge in [-0.3, -0.25) is 4.98 Å². The first kappa shape index (κ1) is 13.8. The number of phenolic OH excluding ortho intramolecular Hbond substituents is 1. The van der Waals surface area contributed by atoms with E-state index < -0.39 is 0 Å². The Morgan fingerprint density at radius 3 is 2.48 bits per heavy atom. The molecule has 1 aliphatic heterocycles. The van der Waals surface area contributed by atoms with E-state index in [9.17, 15) is 5.11 Å². The first-order chi connectivity index (χ1) is 11.3. The zero-order chi connectivity index (χ0) is 15.6. The zero-order valence-corrected chi connectivity index (χ0v) is 12.7. The molecule has 0 bridgehead atoms. The Balaban J connectivity index is 1.56. The van der Waals surface area contributed by atoms with Crippen LogP contribution in [0, 0.1) is 0 Å². The Kier molecular flexibility index (Phi) is 3.42. The fraction of sp³-hybridized carbons (Fsp3) is 0.158. The number of rotatable bonds is 2. The third-order valence-electron chi connectivity index (χ3n) is 4.21. The summed E-state index contributed by atoms with van der Waals surface area (Å²) in [6.07, 6.45) is 5.04. The average molecular weight is 303 g/mol. The lowest BCUT2D eigenvalue weighted by Crippen LogP contribution is -2.29. The Hall–Kier alpha value is -2.88. The maximum absolute atomic E-state index is 9.39. The third kappa shape index (κ3) is 2.75. The van der Waals surface area contributed by atoms with Crippen molar-refractivity contribution in [2.45, 2.75) is 6.42 Å². The molecule has 4 rings (SSSR count). The van der Waals surface area contributed by atoms with E-state index in [0.29, 0.717) is 5.75 Å². The second-order valence-electron chi connectivity index (χ2n) is 5.69. The number of aromatic nitrogens is 2. The predicted molar refractivity (Wildman–Crippen MR) is 92.5 cm³/mol. The Morgan fingerprint density at radius 1 is 0.957 bits per heavy atom. The van der Waals surface area contributed by atoms with Gasteiger partial charge < -0.3 is 10.0 Å². The highest BCUT2D eigenvalue weighted by atomic mass is 16.3. The van der Waals surface area contributed by atoms with Gasteiger partial charge in [-0.1, -0.05) is 30.3 Å². The van der Waals surface area contributed by atoms with E-state index in [0.717, 1.165) is 36.4 Å². The minimum Gasteiger partial charge on any atom is -0.508 e. The van der Waals surface area contributed by atoms with Gasteiger partial charge in [0.25, 0.3) is 0 Å². The molecule has 4 heteroatoms. The van der Waals surface area contributed by atoms with Gasteiger partial charge in [-0.15, -0.1) is 0 Å². The van der Waals surface area contributed by atoms with Crippen molar-refractivity contribution in [2.75, 3.05) is 18.0 Å². The lowest BCUT2D eigenvalue weighted by molar-refractivity contribution is 0.475. The van der Waals surface area contributed by atoms with Crippen molar-refractivity contribution in [3.63, 3.8) is 0 Å². The molecule has 0 aliphatic carbocycles. The molecule has 2 heterocycles. The number of nitrogens with zero attached hydrogens (tertiary/aromatic N) is 3. The van der Waals surface area contributed by atoms with E-state index in [-0.39, 0.29) is 0 Å². The Morgan fingerprint density at radius 2 is 1.74 bits per heavy atom. The molecule has 0 saturated carbocycles. The summed E-state index contributed by atoms with van der Waals surface area (Å²) in [6, 6.07) is 15.3. The van der Waals surface area contributed by atoms with Gasteiger partial charge in [0.1, 0.15) is 11.6 Å². The summed E-state index contributed by atoms with van der Waals surface area (Å²) >= 11 is 0. The standard InChI is InChI=1S/C19H17N3O/c23-16-7-5-14(6-8-16)15-9-11-22(12-10-15)19-13-20-17-3-1-2-4-18(17)21-19/h1-9,13,23H,10-12H2. The van der Waals surface area contributed by atoms with Crippen LogP contribution in [0.4, 0.5) is 5.82 Å². The number of fused-ring (bicyclic) bond motifs is 1. The minimum atomic E-state index is 0.304. The SMILES string of the molecule is Oc1ccc(C2=CCN(c3cnc4ccccc4n3)CC2)cc1. The molecule has 3 aromatic rings. The molecule has 0 fully saturated rings. The van der Waals surface area contributed by atoms with Gasteiger partial charge in [0.05, 0.1) is 17.2 Å². The largest absolute Gasteiger partial charge is 0.508 e. The van der Waals surface area contributed by atoms with Crippen molar-refractivity contribution in [3.8, 4) is 5.75 Å². The van der Waals surface area contributed by atoms with Crippen LogP contribution >= 0.6 is 0 Å². The molecule has 0 spiro atoms. The molecule has 0 unspecified atom stereocenters. The van der Waals surface area contributed by atoms with E-state index in [2.05, 4.69) is 16.0 Å². The molecule has 114 valence electrons. The number of benzene rings is 2. The van der Waals surface area contributed by atoms with Crippen molar-refractivity contribution in [1.29, 1.82) is 0 Å². The van der Waals surface area contributed by atoms with E-state index in [1.165, 1.54) is 11.1 Å². The summed E-state index contributed by atoms with van der Waals surface area (Å²) in [6.45, 7) is 1.74. The molecule has 0 saturated heterocycles. The topological polar surface area (TPSA) is 49.2 Å². The first-order valence-electron chi connectivity index (χ1n) is 7.75. The Bertz CT molecular complexity index is 871. The van der Waals surface area contributed by atoms with Crippen molar-refractivity contribution >= 4 is 22.4 Å². The second kappa shape index (κ2) is 5.72. The van der Waals surface area contributed by atoms with E-state index in [1.54, 1.807) is 12.1 Å². The van der Waals surface area contributed by atoms with Gasteiger partial charge in [-0.2, -0.15) is 0 Å². The molecule has 4 nitrogen and oxygen atoms in total. The highest BCUT2D eigenvalue weighted by molar-refractivity contribution is 5.76. The highest BCUT2D eigenvalue weighted by Crippen LogP contribution is 2.26. The number of phenols is 1. The van der Waals surface area contributed by atoms with Crippen molar-refractivity contribution < 1.29 is 5.11 Å². The monoisotopic (exact) mass is 303 g/mol. The van der Waals surface area contributed by atoms with Crippen LogP contribution < -0.4 is 4.90 Å². The van der Waals surface area contributed by atoms with Crippen LogP contribution in [0.5, 0.6) is 5.75 Å². The number of para-hydroxylation sites is 2. The molecule has 23 heavy (non-hydrogen) atoms. The molecular weight excluding hydrogens is 286 g/mol. The van der Waals surface area contributed by atoms with E-state index in [4.69, 9.17) is 4.98 Å². The third-order valence-corrected chi connectivity index (χ3v) is 4.21. The molecule has 0 amide bonds. The van der Waals surface area contributed by atoms with Crippen LogP contribution in [0.3, 0.4) is 0 Å². The number of anilines is 1. The van der Waals surface area contributed by atoms with Crippen LogP contribution in [-0.2, 0) is 0 Å². The summed E-state index contributed by atoms with van der Waals surface area (Å²) in [7, 11) is 0. The fourth-order valence-corrected chi connectivity index (χ4v) is 2.91. The van der Waals surface area contributed by atoms with E-state index in [1.807, 2.05) is 42.6 Å². The van der Waals surface area contributed by atoms with Gasteiger partial charge in [0.15, 0.2) is 0 Å². The summed E-state index contributed by atoms with van der Waals surface area (Å²) in [5.74, 6) is 1.22. The summed E-state index contributed by atoms with van der Waals surface area (Å²) in [5.41, 5.74) is 4.34. The molecular formula is C19H17N3O. The lowest BCUT2D eigenvalue weighted by Gasteiger charge is -2.27. The van der Waals surface area contributed by atoms with Crippen molar-refractivity contribution in [2.24, 2.45) is 0 Å². The summed E-state index contributed by atoms with van der Waals surface area (Å²) in [5, 5.41) is 9.39. The number of hydrogen-bond donors (Lipinski definition) is 1. The Labute approximate surface area is 134 Å². The van der Waals surface area contributed by atoms with Crippen molar-refractivity contribution in [3.05, 3.63) is 66.4 Å². The zero-order valence-electron chi connectivity index (χ0n) is 12.7. The van der Waals surface area contributed by atoms with Crippen molar-refractivity contribution in [1.82, 2.24) is 9.97 Å². The van der Waals surface area contributed by atoms with Gasteiger partial charge in [0, 0.05) is 13.1 Å². The van der Waals surface area contributed by atoms with Crippen LogP contribution in [-0.4, -0.2) is 28.2 Å². The maximum atomic E-state index is 9.39. The number of hydrogen-bond acceptors (Lipinski definition) is 4. The fourth-order valence-electron chi connectivity index (χ4n) is 2.91. The quantitative estimate of drug-likeness (QED) is 0.785. The van der Waals surface area contributed by atoms with E-state index >= 15 is 0 Å². The summed E-state index contributed by atoms with van der Waals surface area (Å²) in [4.78, 5) is 11.4. The molecule has 2 aromatic carbocycles. The molecule has 0 atom stereocenters. The van der Waals surface area contributed by atoms with Crippen LogP contribution in [0.25, 0.3) is 16.6 Å². The molecule has 1 aromatic heterocycles. The maximum Gasteiger partial charge on any atom is 0.148 e. The average Bonchev–Trinajstić information content (AvgIpc) is 2.62. The van der Waals surface area contributed by atoms with Crippen LogP contribution in [0.1, 0.15) is 12.0 Å². The number of aromatic hydroxyl groups is 1. The minimum absolute atomic E-state index is 0.304. The van der Waals surface area contributed by atoms with Crippen LogP contribution in [0.15, 0.2) is 60.8 Å². The van der Waals surface area contributed by atoms with Crippen LogP contribution in [0.2, 0.25) is 0 Å². The van der Waals surface area contributed by atoms with Gasteiger partial charge in [-0.05, 0) is 41.8 Å².